The van der Waals surface area contributed by atoms with Crippen molar-refractivity contribution < 1.29 is 9.32 Å². The third kappa shape index (κ3) is 4.66. The average Bonchev–Trinajstić information content (AvgIpc) is 3.12. The lowest BCUT2D eigenvalue weighted by atomic mass is 9.92. The van der Waals surface area contributed by atoms with Crippen molar-refractivity contribution in [1.29, 1.82) is 0 Å². The molecule has 0 unspecified atom stereocenters. The molecule has 7 heteroatoms. The molecule has 2 aromatic heterocycles. The van der Waals surface area contributed by atoms with Gasteiger partial charge >= 0.3 is 0 Å². The summed E-state index contributed by atoms with van der Waals surface area (Å²) in [5.41, 5.74) is 2.43. The number of aryl methyl sites for hydroxylation is 1. The SMILES string of the molecule is CCc1cc(C(=O)N2CCC(Cc3cnc(CN(C)C)cn3)CC2)no1. The van der Waals surface area contributed by atoms with Crippen LogP contribution in [0.1, 0.15) is 47.4 Å². The summed E-state index contributed by atoms with van der Waals surface area (Å²) in [6.45, 7) is 4.29. The number of hydrogen-bond donors (Lipinski definition) is 0. The van der Waals surface area contributed by atoms with Crippen LogP contribution in [0, 0.1) is 5.92 Å². The zero-order chi connectivity index (χ0) is 18.5. The topological polar surface area (TPSA) is 75.4 Å². The lowest BCUT2D eigenvalue weighted by Gasteiger charge is -2.31. The molecule has 0 atom stereocenters. The molecule has 1 fully saturated rings. The Kier molecular flexibility index (Phi) is 5.98. The molecule has 0 aliphatic carbocycles. The van der Waals surface area contributed by atoms with Crippen molar-refractivity contribution in [3.63, 3.8) is 0 Å². The zero-order valence-corrected chi connectivity index (χ0v) is 15.8. The molecule has 0 saturated carbocycles. The quantitative estimate of drug-likeness (QED) is 0.789. The monoisotopic (exact) mass is 357 g/mol. The van der Waals surface area contributed by atoms with Crippen molar-refractivity contribution in [3.05, 3.63) is 41.3 Å². The molecule has 1 saturated heterocycles. The summed E-state index contributed by atoms with van der Waals surface area (Å²) in [6, 6.07) is 1.75. The van der Waals surface area contributed by atoms with E-state index in [1.807, 2.05) is 38.3 Å². The summed E-state index contributed by atoms with van der Waals surface area (Å²) >= 11 is 0. The molecule has 140 valence electrons. The van der Waals surface area contributed by atoms with Gasteiger partial charge in [0.2, 0.25) is 0 Å². The fourth-order valence-corrected chi connectivity index (χ4v) is 3.27. The molecule has 0 radical (unpaired) electrons. The van der Waals surface area contributed by atoms with Crippen LogP contribution in [0.3, 0.4) is 0 Å². The minimum atomic E-state index is -0.0280. The van der Waals surface area contributed by atoms with Crippen LogP contribution < -0.4 is 0 Å². The van der Waals surface area contributed by atoms with E-state index in [0.717, 1.165) is 62.5 Å². The summed E-state index contributed by atoms with van der Waals surface area (Å²) in [4.78, 5) is 25.5. The minimum Gasteiger partial charge on any atom is -0.361 e. The Morgan fingerprint density at radius 1 is 1.23 bits per heavy atom. The summed E-state index contributed by atoms with van der Waals surface area (Å²) < 4.78 is 5.14. The van der Waals surface area contributed by atoms with Gasteiger partial charge < -0.3 is 14.3 Å². The fourth-order valence-electron chi connectivity index (χ4n) is 3.27. The van der Waals surface area contributed by atoms with Gasteiger partial charge in [0.15, 0.2) is 5.69 Å². The number of nitrogens with zero attached hydrogens (tertiary/aromatic N) is 5. The number of rotatable bonds is 6. The molecule has 3 rings (SSSR count). The van der Waals surface area contributed by atoms with E-state index in [1.54, 1.807) is 6.07 Å². The van der Waals surface area contributed by atoms with Gasteiger partial charge in [-0.25, -0.2) is 0 Å². The highest BCUT2D eigenvalue weighted by molar-refractivity contribution is 5.92. The normalized spacial score (nSPS) is 15.6. The highest BCUT2D eigenvalue weighted by Crippen LogP contribution is 2.22. The molecular weight excluding hydrogens is 330 g/mol. The van der Waals surface area contributed by atoms with Gasteiger partial charge in [-0.1, -0.05) is 12.1 Å². The van der Waals surface area contributed by atoms with Gasteiger partial charge in [-0.2, -0.15) is 0 Å². The van der Waals surface area contributed by atoms with Crippen molar-refractivity contribution in [3.8, 4) is 0 Å². The Hall–Kier alpha value is -2.28. The first-order chi connectivity index (χ1) is 12.5. The predicted molar refractivity (Wildman–Crippen MR) is 97.6 cm³/mol. The maximum Gasteiger partial charge on any atom is 0.276 e. The number of piperidine rings is 1. The molecular formula is C19H27N5O2. The van der Waals surface area contributed by atoms with Gasteiger partial charge in [-0.05, 0) is 39.3 Å². The van der Waals surface area contributed by atoms with Gasteiger partial charge in [0.1, 0.15) is 5.76 Å². The van der Waals surface area contributed by atoms with Gasteiger partial charge in [-0.15, -0.1) is 0 Å². The number of likely N-dealkylation sites (tertiary alicyclic amines) is 1. The number of hydrogen-bond acceptors (Lipinski definition) is 6. The molecule has 0 bridgehead atoms. The molecule has 1 aliphatic rings. The van der Waals surface area contributed by atoms with E-state index >= 15 is 0 Å². The summed E-state index contributed by atoms with van der Waals surface area (Å²) in [5.74, 6) is 1.26. The van der Waals surface area contributed by atoms with Crippen LogP contribution in [0.15, 0.2) is 23.0 Å². The summed E-state index contributed by atoms with van der Waals surface area (Å²) in [7, 11) is 4.04. The molecule has 2 aromatic rings. The Balaban J connectivity index is 1.49. The first-order valence-corrected chi connectivity index (χ1v) is 9.24. The van der Waals surface area contributed by atoms with Gasteiger partial charge in [0, 0.05) is 38.3 Å². The third-order valence-corrected chi connectivity index (χ3v) is 4.76. The first-order valence-electron chi connectivity index (χ1n) is 9.24. The van der Waals surface area contributed by atoms with Crippen molar-refractivity contribution in [2.75, 3.05) is 27.2 Å². The lowest BCUT2D eigenvalue weighted by molar-refractivity contribution is 0.0679. The number of amides is 1. The van der Waals surface area contributed by atoms with E-state index < -0.39 is 0 Å². The Morgan fingerprint density at radius 3 is 2.50 bits per heavy atom. The Morgan fingerprint density at radius 2 is 1.92 bits per heavy atom. The average molecular weight is 357 g/mol. The van der Waals surface area contributed by atoms with Crippen LogP contribution in [-0.2, 0) is 19.4 Å². The molecule has 26 heavy (non-hydrogen) atoms. The fraction of sp³-hybridized carbons (Fsp3) is 0.579. The van der Waals surface area contributed by atoms with Crippen molar-refractivity contribution in [2.24, 2.45) is 5.92 Å². The highest BCUT2D eigenvalue weighted by Gasteiger charge is 2.26. The largest absolute Gasteiger partial charge is 0.361 e. The lowest BCUT2D eigenvalue weighted by Crippen LogP contribution is -2.39. The van der Waals surface area contributed by atoms with Crippen LogP contribution >= 0.6 is 0 Å². The van der Waals surface area contributed by atoms with Crippen LogP contribution in [-0.4, -0.2) is 58.0 Å². The van der Waals surface area contributed by atoms with Gasteiger partial charge in [-0.3, -0.25) is 14.8 Å². The van der Waals surface area contributed by atoms with Gasteiger partial charge in [0.05, 0.1) is 17.6 Å². The van der Waals surface area contributed by atoms with Crippen LogP contribution in [0.25, 0.3) is 0 Å². The minimum absolute atomic E-state index is 0.0280. The first kappa shape index (κ1) is 18.5. The van der Waals surface area contributed by atoms with Crippen LogP contribution in [0.4, 0.5) is 0 Å². The van der Waals surface area contributed by atoms with E-state index in [9.17, 15) is 4.79 Å². The molecule has 3 heterocycles. The Bertz CT molecular complexity index is 718. The molecule has 1 aliphatic heterocycles. The summed E-state index contributed by atoms with van der Waals surface area (Å²) in [5, 5.41) is 3.89. The maximum absolute atomic E-state index is 12.5. The Labute approximate surface area is 154 Å². The molecule has 0 aromatic carbocycles. The van der Waals surface area contributed by atoms with E-state index in [4.69, 9.17) is 4.52 Å². The zero-order valence-electron chi connectivity index (χ0n) is 15.8. The summed E-state index contributed by atoms with van der Waals surface area (Å²) in [6.07, 6.45) is 7.37. The number of aromatic nitrogens is 3. The third-order valence-electron chi connectivity index (χ3n) is 4.76. The predicted octanol–water partition coefficient (Wildman–Crippen LogP) is 2.18. The van der Waals surface area contributed by atoms with Crippen molar-refractivity contribution in [2.45, 2.75) is 39.2 Å². The van der Waals surface area contributed by atoms with E-state index in [-0.39, 0.29) is 5.91 Å². The second kappa shape index (κ2) is 8.40. The molecule has 0 spiro atoms. The van der Waals surface area contributed by atoms with E-state index in [0.29, 0.717) is 11.6 Å². The van der Waals surface area contributed by atoms with E-state index in [1.165, 1.54) is 0 Å². The van der Waals surface area contributed by atoms with Crippen LogP contribution in [0.5, 0.6) is 0 Å². The smallest absolute Gasteiger partial charge is 0.276 e. The van der Waals surface area contributed by atoms with Crippen LogP contribution in [0.2, 0.25) is 0 Å². The standard InChI is InChI=1S/C19H27N5O2/c1-4-17-10-18(22-26-17)19(25)24-7-5-14(6-8-24)9-15-11-21-16(12-20-15)13-23(2)3/h10-12,14H,4-9,13H2,1-3H3. The number of carbonyl (C=O) groups is 1. The maximum atomic E-state index is 12.5. The van der Waals surface area contributed by atoms with Crippen molar-refractivity contribution in [1.82, 2.24) is 24.9 Å². The van der Waals surface area contributed by atoms with Gasteiger partial charge in [0.25, 0.3) is 5.91 Å². The number of carbonyl (C=O) groups excluding carboxylic acids is 1. The molecule has 0 N–H and O–H groups in total. The molecule has 7 nitrogen and oxygen atoms in total. The van der Waals surface area contributed by atoms with Crippen molar-refractivity contribution >= 4 is 5.91 Å². The molecule has 1 amide bonds. The van der Waals surface area contributed by atoms with E-state index in [2.05, 4.69) is 20.0 Å². The second-order valence-electron chi connectivity index (χ2n) is 7.21. The highest BCUT2D eigenvalue weighted by atomic mass is 16.5. The second-order valence-corrected chi connectivity index (χ2v) is 7.21.